The van der Waals surface area contributed by atoms with Crippen LogP contribution in [0.5, 0.6) is 0 Å². The fourth-order valence-corrected chi connectivity index (χ4v) is 3.11. The molecule has 1 aliphatic heterocycles. The summed E-state index contributed by atoms with van der Waals surface area (Å²) in [7, 11) is 0. The van der Waals surface area contributed by atoms with Crippen LogP contribution in [0.15, 0.2) is 29.3 Å². The Morgan fingerprint density at radius 1 is 1.35 bits per heavy atom. The summed E-state index contributed by atoms with van der Waals surface area (Å²) in [5, 5.41) is 3.97. The summed E-state index contributed by atoms with van der Waals surface area (Å²) < 4.78 is 1.03. The minimum Gasteiger partial charge on any atom is -0.299 e. The number of rotatable bonds is 1. The maximum absolute atomic E-state index is 11.9. The third-order valence-corrected chi connectivity index (χ3v) is 4.22. The van der Waals surface area contributed by atoms with Gasteiger partial charge in [-0.2, -0.15) is 0 Å². The minimum atomic E-state index is -0.167. The summed E-state index contributed by atoms with van der Waals surface area (Å²) in [6.07, 6.45) is 0. The summed E-state index contributed by atoms with van der Waals surface area (Å²) in [6, 6.07) is 7.73. The molecule has 1 aromatic heterocycles. The number of thioether (sulfide) groups is 1. The summed E-state index contributed by atoms with van der Waals surface area (Å²) in [5.74, 6) is 0.773. The van der Waals surface area contributed by atoms with Gasteiger partial charge in [0.15, 0.2) is 10.2 Å². The van der Waals surface area contributed by atoms with Crippen LogP contribution in [0.4, 0.5) is 0 Å². The lowest BCUT2D eigenvalue weighted by molar-refractivity contribution is 0.0978. The molecule has 3 rings (SSSR count). The highest BCUT2D eigenvalue weighted by Crippen LogP contribution is 2.21. The van der Waals surface area contributed by atoms with Crippen molar-refractivity contribution in [2.75, 3.05) is 12.3 Å². The topological polar surface area (TPSA) is 54.4 Å². The van der Waals surface area contributed by atoms with E-state index in [1.807, 2.05) is 24.3 Å². The first kappa shape index (κ1) is 10.7. The van der Waals surface area contributed by atoms with E-state index < -0.39 is 0 Å². The number of para-hydroxylation sites is 1. The number of benzene rings is 1. The Morgan fingerprint density at radius 3 is 3.00 bits per heavy atom. The monoisotopic (exact) mass is 263 g/mol. The van der Waals surface area contributed by atoms with Gasteiger partial charge in [0.1, 0.15) is 0 Å². The quantitative estimate of drug-likeness (QED) is 0.857. The number of nitrogens with one attached hydrogen (secondary N) is 1. The van der Waals surface area contributed by atoms with Crippen LogP contribution < -0.4 is 5.32 Å². The van der Waals surface area contributed by atoms with Crippen LogP contribution >= 0.6 is 23.1 Å². The number of hydrogen-bond donors (Lipinski definition) is 1. The highest BCUT2D eigenvalue weighted by molar-refractivity contribution is 8.14. The first-order valence-electron chi connectivity index (χ1n) is 5.17. The van der Waals surface area contributed by atoms with Crippen LogP contribution in [0.3, 0.4) is 0 Å². The van der Waals surface area contributed by atoms with E-state index in [-0.39, 0.29) is 5.91 Å². The molecule has 0 saturated carbocycles. The molecule has 1 aliphatic rings. The number of amides is 1. The van der Waals surface area contributed by atoms with Crippen molar-refractivity contribution in [1.82, 2.24) is 10.3 Å². The number of carbonyl (C=O) groups is 1. The molecule has 0 fully saturated rings. The largest absolute Gasteiger partial charge is 0.299 e. The van der Waals surface area contributed by atoms with Gasteiger partial charge in [-0.25, -0.2) is 4.98 Å². The second-order valence-corrected chi connectivity index (χ2v) is 5.59. The standard InChI is InChI=1S/C11H9N3OS2/c15-9(14-11-12-5-6-16-11)10-13-7-3-1-2-4-8(7)17-10/h1-4H,5-6H2,(H,12,14,15). The first-order valence-corrected chi connectivity index (χ1v) is 6.97. The molecule has 0 aliphatic carbocycles. The molecule has 2 heterocycles. The minimum absolute atomic E-state index is 0.167. The molecule has 1 aromatic carbocycles. The molecule has 4 nitrogen and oxygen atoms in total. The lowest BCUT2D eigenvalue weighted by atomic mass is 10.3. The summed E-state index contributed by atoms with van der Waals surface area (Å²) in [5.41, 5.74) is 0.865. The maximum atomic E-state index is 11.9. The molecule has 1 amide bonds. The number of hydrogen-bond acceptors (Lipinski definition) is 5. The molecule has 1 N–H and O–H groups in total. The SMILES string of the molecule is O=C(NC1=NCCS1)c1nc2ccccc2s1. The second kappa shape index (κ2) is 4.46. The van der Waals surface area contributed by atoms with Crippen LogP contribution in [0.2, 0.25) is 0 Å². The average molecular weight is 263 g/mol. The van der Waals surface area contributed by atoms with Crippen molar-refractivity contribution in [3.05, 3.63) is 29.3 Å². The van der Waals surface area contributed by atoms with Gasteiger partial charge in [0.25, 0.3) is 5.91 Å². The van der Waals surface area contributed by atoms with Crippen LogP contribution in [0.25, 0.3) is 10.2 Å². The van der Waals surface area contributed by atoms with Gasteiger partial charge in [-0.15, -0.1) is 11.3 Å². The second-order valence-electron chi connectivity index (χ2n) is 3.48. The molecule has 0 spiro atoms. The van der Waals surface area contributed by atoms with Gasteiger partial charge in [-0.1, -0.05) is 23.9 Å². The molecule has 0 unspecified atom stereocenters. The van der Waals surface area contributed by atoms with Crippen LogP contribution in [-0.4, -0.2) is 28.4 Å². The Labute approximate surface area is 106 Å². The fourth-order valence-electron chi connectivity index (χ4n) is 1.53. The van der Waals surface area contributed by atoms with Crippen molar-refractivity contribution < 1.29 is 4.79 Å². The van der Waals surface area contributed by atoms with Crippen molar-refractivity contribution in [3.63, 3.8) is 0 Å². The van der Waals surface area contributed by atoms with Gasteiger partial charge >= 0.3 is 0 Å². The number of thiazole rings is 1. The Kier molecular flexibility index (Phi) is 2.82. The number of nitrogens with zero attached hydrogens (tertiary/aromatic N) is 2. The van der Waals surface area contributed by atoms with E-state index in [1.165, 1.54) is 11.3 Å². The molecule has 6 heteroatoms. The van der Waals surface area contributed by atoms with E-state index in [9.17, 15) is 4.79 Å². The molecule has 86 valence electrons. The predicted octanol–water partition coefficient (Wildman–Crippen LogP) is 2.13. The van der Waals surface area contributed by atoms with Gasteiger partial charge in [0.2, 0.25) is 0 Å². The van der Waals surface area contributed by atoms with Crippen molar-refractivity contribution in [2.45, 2.75) is 0 Å². The van der Waals surface area contributed by atoms with Crippen LogP contribution in [0, 0.1) is 0 Å². The number of aromatic nitrogens is 1. The van der Waals surface area contributed by atoms with E-state index in [0.29, 0.717) is 10.2 Å². The molecule has 0 atom stereocenters. The zero-order valence-corrected chi connectivity index (χ0v) is 10.5. The third kappa shape index (κ3) is 2.18. The molecule has 2 aromatic rings. The molecule has 0 saturated heterocycles. The van der Waals surface area contributed by atoms with E-state index in [1.54, 1.807) is 11.8 Å². The Balaban J connectivity index is 1.85. The summed E-state index contributed by atoms with van der Waals surface area (Å²) in [4.78, 5) is 20.4. The zero-order chi connectivity index (χ0) is 11.7. The lowest BCUT2D eigenvalue weighted by Gasteiger charge is -1.99. The maximum Gasteiger partial charge on any atom is 0.286 e. The smallest absolute Gasteiger partial charge is 0.286 e. The van der Waals surface area contributed by atoms with E-state index in [2.05, 4.69) is 15.3 Å². The van der Waals surface area contributed by atoms with Crippen LogP contribution in [0.1, 0.15) is 9.80 Å². The Morgan fingerprint density at radius 2 is 2.24 bits per heavy atom. The van der Waals surface area contributed by atoms with Crippen molar-refractivity contribution in [1.29, 1.82) is 0 Å². The molecule has 0 radical (unpaired) electrons. The molecular weight excluding hydrogens is 254 g/mol. The third-order valence-electron chi connectivity index (χ3n) is 2.29. The van der Waals surface area contributed by atoms with Gasteiger partial charge in [0, 0.05) is 5.75 Å². The molecular formula is C11H9N3OS2. The number of aliphatic imine (C=N–C) groups is 1. The van der Waals surface area contributed by atoms with E-state index in [4.69, 9.17) is 0 Å². The normalized spacial score (nSPS) is 14.9. The predicted molar refractivity (Wildman–Crippen MR) is 71.8 cm³/mol. The highest BCUT2D eigenvalue weighted by atomic mass is 32.2. The van der Waals surface area contributed by atoms with Gasteiger partial charge < -0.3 is 0 Å². The molecule has 0 bridgehead atoms. The number of fused-ring (bicyclic) bond motifs is 1. The highest BCUT2D eigenvalue weighted by Gasteiger charge is 2.15. The molecule has 17 heavy (non-hydrogen) atoms. The van der Waals surface area contributed by atoms with Crippen molar-refractivity contribution in [3.8, 4) is 0 Å². The number of carbonyl (C=O) groups excluding carboxylic acids is 1. The summed E-state index contributed by atoms with van der Waals surface area (Å²) >= 11 is 2.97. The van der Waals surface area contributed by atoms with Crippen molar-refractivity contribution >= 4 is 44.4 Å². The van der Waals surface area contributed by atoms with Crippen molar-refractivity contribution in [2.24, 2.45) is 4.99 Å². The summed E-state index contributed by atoms with van der Waals surface area (Å²) in [6.45, 7) is 0.778. The first-order chi connectivity index (χ1) is 8.33. The van der Waals surface area contributed by atoms with Crippen LogP contribution in [-0.2, 0) is 0 Å². The lowest BCUT2D eigenvalue weighted by Crippen LogP contribution is -2.27. The van der Waals surface area contributed by atoms with Gasteiger partial charge in [-0.05, 0) is 12.1 Å². The zero-order valence-electron chi connectivity index (χ0n) is 8.84. The van der Waals surface area contributed by atoms with Gasteiger partial charge in [0.05, 0.1) is 16.8 Å². The Bertz CT molecular complexity index is 573. The van der Waals surface area contributed by atoms with E-state index in [0.717, 1.165) is 22.5 Å². The Hall–Kier alpha value is -1.40. The number of amidine groups is 1. The van der Waals surface area contributed by atoms with Gasteiger partial charge in [-0.3, -0.25) is 15.1 Å². The van der Waals surface area contributed by atoms with E-state index >= 15 is 0 Å². The average Bonchev–Trinajstić information content (AvgIpc) is 2.96. The fraction of sp³-hybridized carbons (Fsp3) is 0.182.